The normalized spacial score (nSPS) is 22.6. The van der Waals surface area contributed by atoms with Crippen LogP contribution < -0.4 is 5.73 Å². The van der Waals surface area contributed by atoms with Crippen LogP contribution in [0.15, 0.2) is 42.7 Å². The lowest BCUT2D eigenvalue weighted by Gasteiger charge is -2.35. The van der Waals surface area contributed by atoms with E-state index in [2.05, 4.69) is 17.1 Å². The van der Waals surface area contributed by atoms with Crippen LogP contribution in [0.1, 0.15) is 34.8 Å². The van der Waals surface area contributed by atoms with Crippen LogP contribution in [-0.2, 0) is 11.8 Å². The number of hydrogen-bond acceptors (Lipinski definition) is 3. The molecule has 1 aliphatic rings. The molecule has 2 atom stereocenters. The number of aliphatic hydroxyl groups excluding tert-OH is 1. The Kier molecular flexibility index (Phi) is 3.32. The molecule has 0 saturated heterocycles. The summed E-state index contributed by atoms with van der Waals surface area (Å²) >= 11 is 0. The van der Waals surface area contributed by atoms with Gasteiger partial charge in [-0.2, -0.15) is 0 Å². The lowest BCUT2D eigenvalue weighted by Crippen LogP contribution is -2.39. The molecule has 0 bridgehead atoms. The van der Waals surface area contributed by atoms with Crippen molar-refractivity contribution < 1.29 is 5.11 Å². The lowest BCUT2D eigenvalue weighted by molar-refractivity contribution is 0.0832. The van der Waals surface area contributed by atoms with E-state index in [1.54, 1.807) is 12.4 Å². The first-order chi connectivity index (χ1) is 9.69. The molecule has 2 aromatic rings. The summed E-state index contributed by atoms with van der Waals surface area (Å²) in [4.78, 5) is 4.16. The molecule has 3 nitrogen and oxygen atoms in total. The Morgan fingerprint density at radius 3 is 2.90 bits per heavy atom. The van der Waals surface area contributed by atoms with Crippen molar-refractivity contribution in [2.45, 2.75) is 31.3 Å². The predicted octanol–water partition coefficient (Wildman–Crippen LogP) is 2.27. The third-order valence-corrected chi connectivity index (χ3v) is 4.66. The van der Waals surface area contributed by atoms with Gasteiger partial charge in [-0.05, 0) is 42.5 Å². The fraction of sp³-hybridized carbons (Fsp3) is 0.353. The molecule has 0 saturated carbocycles. The monoisotopic (exact) mass is 268 g/mol. The quantitative estimate of drug-likeness (QED) is 0.897. The van der Waals surface area contributed by atoms with Gasteiger partial charge in [0, 0.05) is 29.9 Å². The van der Waals surface area contributed by atoms with E-state index in [0.29, 0.717) is 6.54 Å². The predicted molar refractivity (Wildman–Crippen MR) is 79.4 cm³/mol. The number of pyridine rings is 1. The van der Waals surface area contributed by atoms with Crippen molar-refractivity contribution in [2.75, 3.05) is 6.54 Å². The summed E-state index contributed by atoms with van der Waals surface area (Å²) in [6.07, 6.45) is 4.77. The van der Waals surface area contributed by atoms with Crippen LogP contribution in [0.3, 0.4) is 0 Å². The van der Waals surface area contributed by atoms with Gasteiger partial charge in [-0.25, -0.2) is 0 Å². The van der Waals surface area contributed by atoms with Crippen LogP contribution in [0.5, 0.6) is 0 Å². The molecule has 1 aliphatic carbocycles. The van der Waals surface area contributed by atoms with Crippen LogP contribution in [0.2, 0.25) is 0 Å². The summed E-state index contributed by atoms with van der Waals surface area (Å²) in [6.45, 7) is 2.45. The van der Waals surface area contributed by atoms with Gasteiger partial charge >= 0.3 is 0 Å². The van der Waals surface area contributed by atoms with E-state index in [1.165, 1.54) is 11.1 Å². The van der Waals surface area contributed by atoms with Gasteiger partial charge in [0.2, 0.25) is 0 Å². The zero-order chi connectivity index (χ0) is 14.2. The minimum atomic E-state index is -0.607. The Labute approximate surface area is 119 Å². The Bertz CT molecular complexity index is 626. The summed E-state index contributed by atoms with van der Waals surface area (Å²) in [5, 5.41) is 11.0. The molecule has 1 aromatic carbocycles. The molecule has 20 heavy (non-hydrogen) atoms. The van der Waals surface area contributed by atoms with Crippen molar-refractivity contribution >= 4 is 0 Å². The smallest absolute Gasteiger partial charge is 0.0916 e. The number of aromatic nitrogens is 1. The topological polar surface area (TPSA) is 59.1 Å². The summed E-state index contributed by atoms with van der Waals surface area (Å²) in [5.41, 5.74) is 10.1. The van der Waals surface area contributed by atoms with Gasteiger partial charge in [-0.1, -0.05) is 24.3 Å². The Hall–Kier alpha value is -1.71. The molecular weight excluding hydrogens is 248 g/mol. The zero-order valence-electron chi connectivity index (χ0n) is 11.7. The van der Waals surface area contributed by atoms with Crippen molar-refractivity contribution in [2.24, 2.45) is 5.73 Å². The van der Waals surface area contributed by atoms with Crippen molar-refractivity contribution in [3.63, 3.8) is 0 Å². The van der Waals surface area contributed by atoms with E-state index in [4.69, 9.17) is 5.73 Å². The SMILES string of the molecule is Cc1ccncc1C(O)C1(CN)CCc2ccccc21. The minimum Gasteiger partial charge on any atom is -0.387 e. The summed E-state index contributed by atoms with van der Waals surface area (Å²) in [5.74, 6) is 0. The standard InChI is InChI=1S/C17H20N2O/c1-12-7-9-19-10-14(12)16(20)17(11-18)8-6-13-4-2-3-5-15(13)17/h2-5,7,9-10,16,20H,6,8,11,18H2,1H3. The summed E-state index contributed by atoms with van der Waals surface area (Å²) < 4.78 is 0. The third kappa shape index (κ3) is 1.86. The highest BCUT2D eigenvalue weighted by Crippen LogP contribution is 2.47. The van der Waals surface area contributed by atoms with Gasteiger partial charge < -0.3 is 10.8 Å². The first kappa shape index (κ1) is 13.3. The average molecular weight is 268 g/mol. The first-order valence-corrected chi connectivity index (χ1v) is 7.06. The van der Waals surface area contributed by atoms with Crippen molar-refractivity contribution in [3.05, 3.63) is 65.0 Å². The molecular formula is C17H20N2O. The molecule has 1 aromatic heterocycles. The molecule has 104 valence electrons. The van der Waals surface area contributed by atoms with Gasteiger partial charge in [-0.3, -0.25) is 4.98 Å². The lowest BCUT2D eigenvalue weighted by atomic mass is 9.74. The highest BCUT2D eigenvalue weighted by atomic mass is 16.3. The van der Waals surface area contributed by atoms with Gasteiger partial charge in [0.1, 0.15) is 0 Å². The van der Waals surface area contributed by atoms with Crippen molar-refractivity contribution in [3.8, 4) is 0 Å². The third-order valence-electron chi connectivity index (χ3n) is 4.66. The van der Waals surface area contributed by atoms with E-state index in [1.807, 2.05) is 25.1 Å². The maximum Gasteiger partial charge on any atom is 0.0916 e. The van der Waals surface area contributed by atoms with Crippen LogP contribution in [0, 0.1) is 6.92 Å². The fourth-order valence-electron chi connectivity index (χ4n) is 3.38. The molecule has 1 heterocycles. The summed E-state index contributed by atoms with van der Waals surface area (Å²) in [6, 6.07) is 10.2. The number of fused-ring (bicyclic) bond motifs is 1. The summed E-state index contributed by atoms with van der Waals surface area (Å²) in [7, 11) is 0. The molecule has 3 heteroatoms. The molecule has 0 amide bonds. The van der Waals surface area contributed by atoms with Gasteiger partial charge in [0.25, 0.3) is 0 Å². The second-order valence-corrected chi connectivity index (χ2v) is 5.65. The van der Waals surface area contributed by atoms with Crippen LogP contribution in [0.4, 0.5) is 0 Å². The van der Waals surface area contributed by atoms with E-state index in [0.717, 1.165) is 24.0 Å². The number of aliphatic hydroxyl groups is 1. The second-order valence-electron chi connectivity index (χ2n) is 5.65. The zero-order valence-corrected chi connectivity index (χ0v) is 11.7. The van der Waals surface area contributed by atoms with E-state index in [-0.39, 0.29) is 5.41 Å². The number of nitrogens with two attached hydrogens (primary N) is 1. The van der Waals surface area contributed by atoms with E-state index >= 15 is 0 Å². The largest absolute Gasteiger partial charge is 0.387 e. The Morgan fingerprint density at radius 1 is 1.35 bits per heavy atom. The molecule has 3 N–H and O–H groups in total. The first-order valence-electron chi connectivity index (χ1n) is 7.06. The highest BCUT2D eigenvalue weighted by Gasteiger charge is 2.44. The molecule has 0 aliphatic heterocycles. The van der Waals surface area contributed by atoms with Crippen molar-refractivity contribution in [1.82, 2.24) is 4.98 Å². The number of benzene rings is 1. The van der Waals surface area contributed by atoms with Crippen LogP contribution in [-0.4, -0.2) is 16.6 Å². The number of hydrogen-bond donors (Lipinski definition) is 2. The van der Waals surface area contributed by atoms with Crippen molar-refractivity contribution in [1.29, 1.82) is 0 Å². The molecule has 0 radical (unpaired) electrons. The molecule has 0 fully saturated rings. The second kappa shape index (κ2) is 5.00. The number of rotatable bonds is 3. The van der Waals surface area contributed by atoms with E-state index < -0.39 is 6.10 Å². The van der Waals surface area contributed by atoms with E-state index in [9.17, 15) is 5.11 Å². The number of aryl methyl sites for hydroxylation is 2. The molecule has 0 spiro atoms. The minimum absolute atomic E-state index is 0.385. The van der Waals surface area contributed by atoms with Crippen LogP contribution in [0.25, 0.3) is 0 Å². The fourth-order valence-corrected chi connectivity index (χ4v) is 3.38. The number of nitrogens with zero attached hydrogens (tertiary/aromatic N) is 1. The molecule has 2 unspecified atom stereocenters. The Morgan fingerprint density at radius 2 is 2.15 bits per heavy atom. The average Bonchev–Trinajstić information content (AvgIpc) is 2.87. The maximum atomic E-state index is 11.0. The van der Waals surface area contributed by atoms with Gasteiger partial charge in [-0.15, -0.1) is 0 Å². The molecule has 3 rings (SSSR count). The Balaban J connectivity index is 2.10. The maximum absolute atomic E-state index is 11.0. The van der Waals surface area contributed by atoms with Gasteiger partial charge in [0.15, 0.2) is 0 Å². The van der Waals surface area contributed by atoms with Gasteiger partial charge in [0.05, 0.1) is 6.10 Å². The van der Waals surface area contributed by atoms with Crippen LogP contribution >= 0.6 is 0 Å². The highest BCUT2D eigenvalue weighted by molar-refractivity contribution is 5.43.